The highest BCUT2D eigenvalue weighted by Gasteiger charge is 2.14. The topological polar surface area (TPSA) is 88.9 Å². The average molecular weight is 417 g/mol. The maximum Gasteiger partial charge on any atom is 0.234 e. The van der Waals surface area contributed by atoms with Crippen LogP contribution in [0.5, 0.6) is 0 Å². The standard InChI is InChI=1S/C19H17F2N5O2S/c1-11-24-25-19(26(11)17-5-3-4-15(9-17)22-12(2)27)29-10-18(28)23-16-7-13(20)6-14(21)8-16/h3-9H,10H2,1-2H3,(H,22,27)(H,23,28). The third kappa shape index (κ3) is 5.38. The minimum atomic E-state index is -0.776. The summed E-state index contributed by atoms with van der Waals surface area (Å²) in [5, 5.41) is 13.7. The summed E-state index contributed by atoms with van der Waals surface area (Å²) in [6.45, 7) is 3.18. The molecule has 0 spiro atoms. The van der Waals surface area contributed by atoms with Gasteiger partial charge in [0.25, 0.3) is 0 Å². The number of nitrogens with one attached hydrogen (secondary N) is 2. The Morgan fingerprint density at radius 2 is 1.76 bits per heavy atom. The number of benzene rings is 2. The Balaban J connectivity index is 1.73. The first-order valence-corrected chi connectivity index (χ1v) is 9.49. The zero-order chi connectivity index (χ0) is 21.0. The molecule has 1 aromatic heterocycles. The van der Waals surface area contributed by atoms with Crippen LogP contribution < -0.4 is 10.6 Å². The SMILES string of the molecule is CC(=O)Nc1cccc(-n2c(C)nnc2SCC(=O)Nc2cc(F)cc(F)c2)c1. The number of hydrogen-bond acceptors (Lipinski definition) is 5. The van der Waals surface area contributed by atoms with Crippen LogP contribution in [0.3, 0.4) is 0 Å². The van der Waals surface area contributed by atoms with Gasteiger partial charge in [0.2, 0.25) is 11.8 Å². The molecule has 0 radical (unpaired) electrons. The molecule has 150 valence electrons. The first kappa shape index (κ1) is 20.5. The second-order valence-corrected chi connectivity index (χ2v) is 7.03. The number of carbonyl (C=O) groups is 2. The monoisotopic (exact) mass is 417 g/mol. The molecule has 10 heteroatoms. The lowest BCUT2D eigenvalue weighted by atomic mass is 10.2. The molecule has 0 atom stereocenters. The highest BCUT2D eigenvalue weighted by molar-refractivity contribution is 7.99. The molecule has 2 amide bonds. The predicted molar refractivity (Wildman–Crippen MR) is 106 cm³/mol. The largest absolute Gasteiger partial charge is 0.326 e. The van der Waals surface area contributed by atoms with Crippen LogP contribution in [0, 0.1) is 18.6 Å². The van der Waals surface area contributed by atoms with Crippen molar-refractivity contribution in [3.05, 3.63) is 59.9 Å². The lowest BCUT2D eigenvalue weighted by Crippen LogP contribution is -2.15. The fourth-order valence-corrected chi connectivity index (χ4v) is 3.41. The van der Waals surface area contributed by atoms with Gasteiger partial charge < -0.3 is 10.6 Å². The normalized spacial score (nSPS) is 10.6. The van der Waals surface area contributed by atoms with Crippen LogP contribution in [0.2, 0.25) is 0 Å². The van der Waals surface area contributed by atoms with E-state index in [0.717, 1.165) is 30.0 Å². The van der Waals surface area contributed by atoms with E-state index in [1.807, 2.05) is 6.07 Å². The number of amides is 2. The quantitative estimate of drug-likeness (QED) is 0.599. The third-order valence-electron chi connectivity index (χ3n) is 3.70. The predicted octanol–water partition coefficient (Wildman–Crippen LogP) is 3.54. The molecule has 29 heavy (non-hydrogen) atoms. The summed E-state index contributed by atoms with van der Waals surface area (Å²) in [4.78, 5) is 23.4. The van der Waals surface area contributed by atoms with E-state index >= 15 is 0 Å². The number of hydrogen-bond donors (Lipinski definition) is 2. The molecule has 2 N–H and O–H groups in total. The Morgan fingerprint density at radius 1 is 1.03 bits per heavy atom. The number of nitrogens with zero attached hydrogens (tertiary/aromatic N) is 3. The van der Waals surface area contributed by atoms with Gasteiger partial charge in [-0.05, 0) is 37.3 Å². The number of aryl methyl sites for hydroxylation is 1. The van der Waals surface area contributed by atoms with Gasteiger partial charge in [-0.2, -0.15) is 0 Å². The van der Waals surface area contributed by atoms with Crippen LogP contribution in [-0.4, -0.2) is 32.3 Å². The summed E-state index contributed by atoms with van der Waals surface area (Å²) in [5.74, 6) is -1.63. The molecule has 0 unspecified atom stereocenters. The molecule has 3 aromatic rings. The molecule has 0 aliphatic heterocycles. The van der Waals surface area contributed by atoms with Gasteiger partial charge in [0.15, 0.2) is 5.16 Å². The number of thioether (sulfide) groups is 1. The van der Waals surface area contributed by atoms with Crippen molar-refractivity contribution >= 4 is 35.0 Å². The lowest BCUT2D eigenvalue weighted by Gasteiger charge is -2.10. The van der Waals surface area contributed by atoms with Crippen LogP contribution in [0.4, 0.5) is 20.2 Å². The van der Waals surface area contributed by atoms with Crippen LogP contribution >= 0.6 is 11.8 Å². The Bertz CT molecular complexity index is 1050. The maximum atomic E-state index is 13.2. The highest BCUT2D eigenvalue weighted by Crippen LogP contribution is 2.24. The molecule has 7 nitrogen and oxygen atoms in total. The van der Waals surface area contributed by atoms with Crippen LogP contribution in [0.1, 0.15) is 12.7 Å². The molecule has 0 fully saturated rings. The molecule has 0 bridgehead atoms. The molecule has 0 saturated heterocycles. The number of carbonyl (C=O) groups excluding carboxylic acids is 2. The van der Waals surface area contributed by atoms with E-state index in [1.54, 1.807) is 29.7 Å². The summed E-state index contributed by atoms with van der Waals surface area (Å²) in [7, 11) is 0. The minimum Gasteiger partial charge on any atom is -0.326 e. The fraction of sp³-hybridized carbons (Fsp3) is 0.158. The zero-order valence-corrected chi connectivity index (χ0v) is 16.4. The second-order valence-electron chi connectivity index (χ2n) is 6.09. The molecular formula is C19H17F2N5O2S. The number of rotatable bonds is 6. The van der Waals surface area contributed by atoms with E-state index in [0.29, 0.717) is 22.4 Å². The van der Waals surface area contributed by atoms with E-state index in [2.05, 4.69) is 20.8 Å². The van der Waals surface area contributed by atoms with Crippen molar-refractivity contribution in [2.75, 3.05) is 16.4 Å². The van der Waals surface area contributed by atoms with E-state index in [-0.39, 0.29) is 17.3 Å². The molecule has 0 saturated carbocycles. The summed E-state index contributed by atoms with van der Waals surface area (Å²) < 4.78 is 28.2. The second kappa shape index (κ2) is 8.82. The molecular weight excluding hydrogens is 400 g/mol. The van der Waals surface area contributed by atoms with Crippen molar-refractivity contribution in [3.8, 4) is 5.69 Å². The van der Waals surface area contributed by atoms with Gasteiger partial charge in [-0.15, -0.1) is 10.2 Å². The van der Waals surface area contributed by atoms with Gasteiger partial charge in [-0.1, -0.05) is 17.8 Å². The van der Waals surface area contributed by atoms with Crippen LogP contribution in [-0.2, 0) is 9.59 Å². The maximum absolute atomic E-state index is 13.2. The molecule has 3 rings (SSSR count). The summed E-state index contributed by atoms with van der Waals surface area (Å²) >= 11 is 1.12. The van der Waals surface area contributed by atoms with Crippen molar-refractivity contribution < 1.29 is 18.4 Å². The van der Waals surface area contributed by atoms with Gasteiger partial charge in [0.05, 0.1) is 11.4 Å². The van der Waals surface area contributed by atoms with E-state index in [9.17, 15) is 18.4 Å². The Hall–Kier alpha value is -3.27. The summed E-state index contributed by atoms with van der Waals surface area (Å²) in [6, 6.07) is 9.91. The summed E-state index contributed by atoms with van der Waals surface area (Å²) in [5.41, 5.74) is 1.37. The number of aromatic nitrogens is 3. The van der Waals surface area contributed by atoms with Crippen molar-refractivity contribution in [1.82, 2.24) is 14.8 Å². The first-order valence-electron chi connectivity index (χ1n) is 8.50. The van der Waals surface area contributed by atoms with E-state index in [4.69, 9.17) is 0 Å². The van der Waals surface area contributed by atoms with Crippen molar-refractivity contribution in [2.24, 2.45) is 0 Å². The molecule has 0 aliphatic rings. The van der Waals surface area contributed by atoms with Gasteiger partial charge in [0, 0.05) is 24.4 Å². The highest BCUT2D eigenvalue weighted by atomic mass is 32.2. The van der Waals surface area contributed by atoms with Gasteiger partial charge in [-0.25, -0.2) is 8.78 Å². The lowest BCUT2D eigenvalue weighted by molar-refractivity contribution is -0.114. The van der Waals surface area contributed by atoms with Crippen molar-refractivity contribution in [1.29, 1.82) is 0 Å². The van der Waals surface area contributed by atoms with E-state index in [1.165, 1.54) is 6.92 Å². The number of anilines is 2. The fourth-order valence-electron chi connectivity index (χ4n) is 2.61. The average Bonchev–Trinajstić information content (AvgIpc) is 2.99. The van der Waals surface area contributed by atoms with Gasteiger partial charge in [-0.3, -0.25) is 14.2 Å². The van der Waals surface area contributed by atoms with E-state index < -0.39 is 17.5 Å². The van der Waals surface area contributed by atoms with Crippen molar-refractivity contribution in [3.63, 3.8) is 0 Å². The Labute approximate surface area is 169 Å². The van der Waals surface area contributed by atoms with Gasteiger partial charge in [0.1, 0.15) is 17.5 Å². The van der Waals surface area contributed by atoms with Gasteiger partial charge >= 0.3 is 0 Å². The summed E-state index contributed by atoms with van der Waals surface area (Å²) in [6.07, 6.45) is 0. The molecule has 1 heterocycles. The Morgan fingerprint density at radius 3 is 2.45 bits per heavy atom. The zero-order valence-electron chi connectivity index (χ0n) is 15.6. The Kier molecular flexibility index (Phi) is 6.23. The molecule has 2 aromatic carbocycles. The first-order chi connectivity index (χ1) is 13.8. The van der Waals surface area contributed by atoms with Crippen LogP contribution in [0.15, 0.2) is 47.6 Å². The minimum absolute atomic E-state index is 0.0359. The smallest absolute Gasteiger partial charge is 0.234 e. The van der Waals surface area contributed by atoms with Crippen molar-refractivity contribution in [2.45, 2.75) is 19.0 Å². The molecule has 0 aliphatic carbocycles. The third-order valence-corrected chi connectivity index (χ3v) is 4.63. The van der Waals surface area contributed by atoms with Crippen LogP contribution in [0.25, 0.3) is 5.69 Å². The number of halogens is 2.